The van der Waals surface area contributed by atoms with E-state index in [0.717, 1.165) is 25.4 Å². The molecule has 136 valence electrons. The van der Waals surface area contributed by atoms with Gasteiger partial charge in [0.05, 0.1) is 13.4 Å². The third-order valence-corrected chi connectivity index (χ3v) is 4.79. The first-order valence-electron chi connectivity index (χ1n) is 9.12. The second-order valence-corrected chi connectivity index (χ2v) is 6.65. The highest BCUT2D eigenvalue weighted by Gasteiger charge is 2.03. The highest BCUT2D eigenvalue weighted by molar-refractivity contribution is 5.84. The van der Waals surface area contributed by atoms with Gasteiger partial charge in [-0.1, -0.05) is 42.5 Å². The Labute approximate surface area is 159 Å². The number of rotatable bonds is 7. The SMILES string of the molecule is COc1ccc2cc(CNCc3ccccc3Cn3ccnc3)ccc2c1. The summed E-state index contributed by atoms with van der Waals surface area (Å²) in [5, 5.41) is 6.01. The number of aromatic nitrogens is 2. The van der Waals surface area contributed by atoms with E-state index in [4.69, 9.17) is 4.74 Å². The van der Waals surface area contributed by atoms with Crippen LogP contribution in [-0.2, 0) is 19.6 Å². The van der Waals surface area contributed by atoms with Crippen LogP contribution >= 0.6 is 0 Å². The van der Waals surface area contributed by atoms with Gasteiger partial charge in [-0.05, 0) is 45.7 Å². The Kier molecular flexibility index (Phi) is 5.17. The van der Waals surface area contributed by atoms with Gasteiger partial charge in [0.15, 0.2) is 0 Å². The van der Waals surface area contributed by atoms with Crippen molar-refractivity contribution in [2.75, 3.05) is 7.11 Å². The number of methoxy groups -OCH3 is 1. The molecular formula is C23H23N3O. The zero-order valence-corrected chi connectivity index (χ0v) is 15.4. The van der Waals surface area contributed by atoms with Crippen molar-refractivity contribution in [3.63, 3.8) is 0 Å². The van der Waals surface area contributed by atoms with E-state index in [0.29, 0.717) is 0 Å². The molecule has 0 spiro atoms. The summed E-state index contributed by atoms with van der Waals surface area (Å²) in [4.78, 5) is 4.13. The van der Waals surface area contributed by atoms with E-state index >= 15 is 0 Å². The second-order valence-electron chi connectivity index (χ2n) is 6.65. The van der Waals surface area contributed by atoms with E-state index in [2.05, 4.69) is 69.5 Å². The molecule has 0 amide bonds. The Bertz CT molecular complexity index is 1020. The maximum Gasteiger partial charge on any atom is 0.119 e. The van der Waals surface area contributed by atoms with E-state index < -0.39 is 0 Å². The van der Waals surface area contributed by atoms with Gasteiger partial charge in [-0.15, -0.1) is 0 Å². The van der Waals surface area contributed by atoms with Crippen LogP contribution in [-0.4, -0.2) is 16.7 Å². The van der Waals surface area contributed by atoms with Gasteiger partial charge in [0.25, 0.3) is 0 Å². The maximum atomic E-state index is 5.30. The molecule has 1 aromatic heterocycles. The first-order valence-corrected chi connectivity index (χ1v) is 9.12. The summed E-state index contributed by atoms with van der Waals surface area (Å²) in [5.41, 5.74) is 3.91. The molecule has 1 heterocycles. The number of fused-ring (bicyclic) bond motifs is 1. The van der Waals surface area contributed by atoms with E-state index in [1.807, 2.05) is 24.8 Å². The zero-order chi connectivity index (χ0) is 18.5. The summed E-state index contributed by atoms with van der Waals surface area (Å²) in [7, 11) is 1.70. The van der Waals surface area contributed by atoms with Crippen LogP contribution in [0.2, 0.25) is 0 Å². The molecule has 27 heavy (non-hydrogen) atoms. The van der Waals surface area contributed by atoms with Crippen LogP contribution in [0.3, 0.4) is 0 Å². The van der Waals surface area contributed by atoms with E-state index in [1.165, 1.54) is 27.5 Å². The highest BCUT2D eigenvalue weighted by atomic mass is 16.5. The molecular weight excluding hydrogens is 334 g/mol. The summed E-state index contributed by atoms with van der Waals surface area (Å²) < 4.78 is 7.39. The van der Waals surface area contributed by atoms with Gasteiger partial charge < -0.3 is 14.6 Å². The number of benzene rings is 3. The molecule has 0 bridgehead atoms. The molecule has 0 saturated heterocycles. The molecule has 4 aromatic rings. The van der Waals surface area contributed by atoms with Gasteiger partial charge in [0.1, 0.15) is 5.75 Å². The summed E-state index contributed by atoms with van der Waals surface area (Å²) in [6.07, 6.45) is 5.67. The highest BCUT2D eigenvalue weighted by Crippen LogP contribution is 2.22. The van der Waals surface area contributed by atoms with Gasteiger partial charge in [0.2, 0.25) is 0 Å². The second kappa shape index (κ2) is 8.06. The number of hydrogen-bond acceptors (Lipinski definition) is 3. The van der Waals surface area contributed by atoms with Gasteiger partial charge in [-0.2, -0.15) is 0 Å². The number of ether oxygens (including phenoxy) is 1. The molecule has 0 atom stereocenters. The number of imidazole rings is 1. The lowest BCUT2D eigenvalue weighted by molar-refractivity contribution is 0.415. The van der Waals surface area contributed by atoms with Crippen molar-refractivity contribution in [2.24, 2.45) is 0 Å². The molecule has 0 unspecified atom stereocenters. The monoisotopic (exact) mass is 357 g/mol. The Hall–Kier alpha value is -3.11. The Morgan fingerprint density at radius 1 is 0.926 bits per heavy atom. The fourth-order valence-corrected chi connectivity index (χ4v) is 3.31. The quantitative estimate of drug-likeness (QED) is 0.533. The molecule has 0 radical (unpaired) electrons. The number of nitrogens with zero attached hydrogens (tertiary/aromatic N) is 2. The smallest absolute Gasteiger partial charge is 0.119 e. The minimum Gasteiger partial charge on any atom is -0.497 e. The molecule has 0 fully saturated rings. The largest absolute Gasteiger partial charge is 0.497 e. The van der Waals surface area contributed by atoms with Crippen molar-refractivity contribution in [1.82, 2.24) is 14.9 Å². The van der Waals surface area contributed by atoms with Crippen LogP contribution in [0.25, 0.3) is 10.8 Å². The van der Waals surface area contributed by atoms with Crippen molar-refractivity contribution < 1.29 is 4.74 Å². The molecule has 4 nitrogen and oxygen atoms in total. The fourth-order valence-electron chi connectivity index (χ4n) is 3.31. The van der Waals surface area contributed by atoms with Crippen LogP contribution < -0.4 is 10.1 Å². The summed E-state index contributed by atoms with van der Waals surface area (Å²) in [6.45, 7) is 2.52. The van der Waals surface area contributed by atoms with Crippen LogP contribution in [0.4, 0.5) is 0 Å². The normalized spacial score (nSPS) is 11.0. The first-order chi connectivity index (χ1) is 13.3. The lowest BCUT2D eigenvalue weighted by atomic mass is 10.1. The van der Waals surface area contributed by atoms with Crippen LogP contribution in [0, 0.1) is 0 Å². The lowest BCUT2D eigenvalue weighted by Gasteiger charge is -2.12. The molecule has 0 saturated carbocycles. The fraction of sp³-hybridized carbons (Fsp3) is 0.174. The molecule has 0 aliphatic rings. The van der Waals surface area contributed by atoms with Crippen molar-refractivity contribution in [2.45, 2.75) is 19.6 Å². The summed E-state index contributed by atoms with van der Waals surface area (Å²) >= 11 is 0. The third-order valence-electron chi connectivity index (χ3n) is 4.79. The van der Waals surface area contributed by atoms with Gasteiger partial charge in [0, 0.05) is 32.0 Å². The minimum atomic E-state index is 0.835. The van der Waals surface area contributed by atoms with Crippen molar-refractivity contribution in [1.29, 1.82) is 0 Å². The molecule has 3 aromatic carbocycles. The predicted octanol–water partition coefficient (Wildman–Crippen LogP) is 4.38. The molecule has 1 N–H and O–H groups in total. The number of nitrogens with one attached hydrogen (secondary N) is 1. The van der Waals surface area contributed by atoms with Crippen LogP contribution in [0.15, 0.2) is 79.4 Å². The minimum absolute atomic E-state index is 0.835. The van der Waals surface area contributed by atoms with E-state index in [9.17, 15) is 0 Å². The lowest BCUT2D eigenvalue weighted by Crippen LogP contribution is -2.14. The maximum absolute atomic E-state index is 5.30. The summed E-state index contributed by atoms with van der Waals surface area (Å²) in [6, 6.07) is 21.3. The Morgan fingerprint density at radius 2 is 1.74 bits per heavy atom. The van der Waals surface area contributed by atoms with Gasteiger partial charge >= 0.3 is 0 Å². The van der Waals surface area contributed by atoms with Crippen molar-refractivity contribution in [3.05, 3.63) is 96.1 Å². The van der Waals surface area contributed by atoms with Crippen LogP contribution in [0.1, 0.15) is 16.7 Å². The molecule has 4 heteroatoms. The average molecular weight is 357 g/mol. The van der Waals surface area contributed by atoms with Gasteiger partial charge in [-0.25, -0.2) is 4.98 Å². The van der Waals surface area contributed by atoms with Gasteiger partial charge in [-0.3, -0.25) is 0 Å². The molecule has 4 rings (SSSR count). The average Bonchev–Trinajstić information content (AvgIpc) is 3.22. The molecule has 0 aliphatic carbocycles. The van der Waals surface area contributed by atoms with Crippen molar-refractivity contribution >= 4 is 10.8 Å². The Balaban J connectivity index is 1.42. The van der Waals surface area contributed by atoms with Crippen LogP contribution in [0.5, 0.6) is 5.75 Å². The Morgan fingerprint density at radius 3 is 2.56 bits per heavy atom. The topological polar surface area (TPSA) is 39.1 Å². The van der Waals surface area contributed by atoms with E-state index in [-0.39, 0.29) is 0 Å². The van der Waals surface area contributed by atoms with Crippen molar-refractivity contribution in [3.8, 4) is 5.75 Å². The predicted molar refractivity (Wildman–Crippen MR) is 109 cm³/mol. The standard InChI is InChI=1S/C23H23N3O/c1-27-23-9-8-19-12-18(6-7-20(19)13-23)14-25-15-21-4-2-3-5-22(21)16-26-11-10-24-17-26/h2-13,17,25H,14-16H2,1H3. The zero-order valence-electron chi connectivity index (χ0n) is 15.4. The molecule has 0 aliphatic heterocycles. The third kappa shape index (κ3) is 4.18. The summed E-state index contributed by atoms with van der Waals surface area (Å²) in [5.74, 6) is 0.892. The van der Waals surface area contributed by atoms with E-state index in [1.54, 1.807) is 7.11 Å². The first kappa shape index (κ1) is 17.3. The number of hydrogen-bond donors (Lipinski definition) is 1.